The van der Waals surface area contributed by atoms with Crippen molar-refractivity contribution in [1.82, 2.24) is 10.2 Å². The maximum absolute atomic E-state index is 8.91. The SMILES string of the molecule is CCCCN(C)CC(C#N)NC(C)C. The normalized spacial score (nSPS) is 13.2. The molecule has 0 aromatic heterocycles. The summed E-state index contributed by atoms with van der Waals surface area (Å²) >= 11 is 0. The summed E-state index contributed by atoms with van der Waals surface area (Å²) in [6.45, 7) is 8.21. The summed E-state index contributed by atoms with van der Waals surface area (Å²) in [5.41, 5.74) is 0. The summed E-state index contributed by atoms with van der Waals surface area (Å²) in [6.07, 6.45) is 2.41. The molecule has 0 bridgehead atoms. The smallest absolute Gasteiger partial charge is 0.108 e. The molecule has 14 heavy (non-hydrogen) atoms. The van der Waals surface area contributed by atoms with Crippen LogP contribution >= 0.6 is 0 Å². The van der Waals surface area contributed by atoms with Gasteiger partial charge in [0.2, 0.25) is 0 Å². The van der Waals surface area contributed by atoms with Gasteiger partial charge in [-0.3, -0.25) is 5.32 Å². The average molecular weight is 197 g/mol. The van der Waals surface area contributed by atoms with Crippen LogP contribution in [0.4, 0.5) is 0 Å². The van der Waals surface area contributed by atoms with Gasteiger partial charge in [0.05, 0.1) is 6.07 Å². The Labute approximate surface area is 88.1 Å². The molecule has 0 aliphatic heterocycles. The van der Waals surface area contributed by atoms with Gasteiger partial charge in [-0.25, -0.2) is 0 Å². The van der Waals surface area contributed by atoms with Crippen LogP contribution in [-0.2, 0) is 0 Å². The fourth-order valence-corrected chi connectivity index (χ4v) is 1.36. The predicted molar refractivity (Wildman–Crippen MR) is 60.1 cm³/mol. The van der Waals surface area contributed by atoms with E-state index in [-0.39, 0.29) is 6.04 Å². The largest absolute Gasteiger partial charge is 0.304 e. The average Bonchev–Trinajstić information content (AvgIpc) is 2.12. The molecule has 0 spiro atoms. The Morgan fingerprint density at radius 3 is 2.50 bits per heavy atom. The van der Waals surface area contributed by atoms with Crippen molar-refractivity contribution >= 4 is 0 Å². The van der Waals surface area contributed by atoms with E-state index < -0.39 is 0 Å². The Bertz CT molecular complexity index is 172. The molecule has 0 aliphatic carbocycles. The van der Waals surface area contributed by atoms with Gasteiger partial charge in [-0.15, -0.1) is 0 Å². The van der Waals surface area contributed by atoms with Crippen molar-refractivity contribution < 1.29 is 0 Å². The Morgan fingerprint density at radius 2 is 2.07 bits per heavy atom. The van der Waals surface area contributed by atoms with Crippen LogP contribution in [0.2, 0.25) is 0 Å². The first-order chi connectivity index (χ1) is 6.60. The number of nitriles is 1. The molecular formula is C11H23N3. The lowest BCUT2D eigenvalue weighted by Crippen LogP contribution is -2.42. The predicted octanol–water partition coefficient (Wildman–Crippen LogP) is 1.61. The van der Waals surface area contributed by atoms with E-state index in [1.807, 2.05) is 0 Å². The third-order valence-corrected chi connectivity index (χ3v) is 2.08. The van der Waals surface area contributed by atoms with E-state index in [0.717, 1.165) is 13.1 Å². The van der Waals surface area contributed by atoms with E-state index in [2.05, 4.69) is 44.1 Å². The molecule has 3 nitrogen and oxygen atoms in total. The first kappa shape index (κ1) is 13.4. The number of nitrogens with one attached hydrogen (secondary N) is 1. The van der Waals surface area contributed by atoms with Crippen molar-refractivity contribution in [3.8, 4) is 6.07 Å². The number of hydrogen-bond acceptors (Lipinski definition) is 3. The fraction of sp³-hybridized carbons (Fsp3) is 0.909. The van der Waals surface area contributed by atoms with E-state index in [0.29, 0.717) is 6.04 Å². The van der Waals surface area contributed by atoms with Crippen LogP contribution in [0.3, 0.4) is 0 Å². The van der Waals surface area contributed by atoms with Gasteiger partial charge in [-0.1, -0.05) is 13.3 Å². The first-order valence-corrected chi connectivity index (χ1v) is 5.44. The zero-order chi connectivity index (χ0) is 11.0. The molecular weight excluding hydrogens is 174 g/mol. The molecule has 0 amide bonds. The summed E-state index contributed by atoms with van der Waals surface area (Å²) in [6, 6.07) is 2.62. The second-order valence-electron chi connectivity index (χ2n) is 4.12. The zero-order valence-electron chi connectivity index (χ0n) is 9.88. The van der Waals surface area contributed by atoms with E-state index in [1.54, 1.807) is 0 Å². The molecule has 82 valence electrons. The van der Waals surface area contributed by atoms with Gasteiger partial charge >= 0.3 is 0 Å². The highest BCUT2D eigenvalue weighted by molar-refractivity contribution is 4.92. The maximum Gasteiger partial charge on any atom is 0.108 e. The molecule has 3 heteroatoms. The van der Waals surface area contributed by atoms with Gasteiger partial charge in [0, 0.05) is 12.6 Å². The molecule has 0 fully saturated rings. The number of hydrogen-bond donors (Lipinski definition) is 1. The highest BCUT2D eigenvalue weighted by atomic mass is 15.1. The van der Waals surface area contributed by atoms with Gasteiger partial charge in [0.1, 0.15) is 6.04 Å². The molecule has 1 N–H and O–H groups in total. The minimum Gasteiger partial charge on any atom is -0.304 e. The van der Waals surface area contributed by atoms with Crippen molar-refractivity contribution in [2.75, 3.05) is 20.1 Å². The van der Waals surface area contributed by atoms with E-state index >= 15 is 0 Å². The molecule has 0 radical (unpaired) electrons. The van der Waals surface area contributed by atoms with Crippen LogP contribution < -0.4 is 5.32 Å². The number of rotatable bonds is 7. The Morgan fingerprint density at radius 1 is 1.43 bits per heavy atom. The minimum absolute atomic E-state index is 0.0446. The highest BCUT2D eigenvalue weighted by Crippen LogP contribution is 1.95. The van der Waals surface area contributed by atoms with Crippen molar-refractivity contribution in [3.05, 3.63) is 0 Å². The van der Waals surface area contributed by atoms with Crippen LogP contribution in [0.1, 0.15) is 33.6 Å². The van der Waals surface area contributed by atoms with E-state index in [1.165, 1.54) is 12.8 Å². The lowest BCUT2D eigenvalue weighted by molar-refractivity contribution is 0.299. The maximum atomic E-state index is 8.91. The zero-order valence-corrected chi connectivity index (χ0v) is 9.88. The van der Waals surface area contributed by atoms with Crippen LogP contribution in [0, 0.1) is 11.3 Å². The number of nitrogens with zero attached hydrogens (tertiary/aromatic N) is 2. The summed E-state index contributed by atoms with van der Waals surface area (Å²) in [7, 11) is 2.07. The van der Waals surface area contributed by atoms with Crippen LogP contribution in [0.25, 0.3) is 0 Å². The Hall–Kier alpha value is -0.590. The Balaban J connectivity index is 3.75. The van der Waals surface area contributed by atoms with E-state index in [4.69, 9.17) is 5.26 Å². The van der Waals surface area contributed by atoms with Gasteiger partial charge < -0.3 is 4.90 Å². The fourth-order valence-electron chi connectivity index (χ4n) is 1.36. The molecule has 0 aromatic rings. The van der Waals surface area contributed by atoms with Gasteiger partial charge in [-0.2, -0.15) is 5.26 Å². The van der Waals surface area contributed by atoms with Crippen LogP contribution in [-0.4, -0.2) is 37.1 Å². The summed E-state index contributed by atoms with van der Waals surface area (Å²) in [4.78, 5) is 2.22. The van der Waals surface area contributed by atoms with Gasteiger partial charge in [0.25, 0.3) is 0 Å². The molecule has 0 saturated carbocycles. The van der Waals surface area contributed by atoms with Gasteiger partial charge in [0.15, 0.2) is 0 Å². The quantitative estimate of drug-likeness (QED) is 0.674. The molecule has 0 aromatic carbocycles. The van der Waals surface area contributed by atoms with Crippen molar-refractivity contribution in [3.63, 3.8) is 0 Å². The molecule has 0 aliphatic rings. The first-order valence-electron chi connectivity index (χ1n) is 5.44. The van der Waals surface area contributed by atoms with Crippen molar-refractivity contribution in [2.45, 2.75) is 45.7 Å². The standard InChI is InChI=1S/C11H23N3/c1-5-6-7-14(4)9-11(8-12)13-10(2)3/h10-11,13H,5-7,9H2,1-4H3. The lowest BCUT2D eigenvalue weighted by Gasteiger charge is -2.21. The highest BCUT2D eigenvalue weighted by Gasteiger charge is 2.10. The Kier molecular flexibility index (Phi) is 7.45. The molecule has 1 unspecified atom stereocenters. The third kappa shape index (κ3) is 6.88. The van der Waals surface area contributed by atoms with Crippen molar-refractivity contribution in [2.24, 2.45) is 0 Å². The summed E-state index contributed by atoms with van der Waals surface area (Å²) in [5, 5.41) is 12.1. The molecule has 0 heterocycles. The topological polar surface area (TPSA) is 39.1 Å². The van der Waals surface area contributed by atoms with Gasteiger partial charge in [-0.05, 0) is 33.9 Å². The second-order valence-corrected chi connectivity index (χ2v) is 4.12. The minimum atomic E-state index is -0.0446. The number of likely N-dealkylation sites (N-methyl/N-ethyl adjacent to an activating group) is 1. The van der Waals surface area contributed by atoms with Crippen LogP contribution in [0.15, 0.2) is 0 Å². The summed E-state index contributed by atoms with van der Waals surface area (Å²) < 4.78 is 0. The summed E-state index contributed by atoms with van der Waals surface area (Å²) in [5.74, 6) is 0. The third-order valence-electron chi connectivity index (χ3n) is 2.08. The molecule has 1 atom stereocenters. The second kappa shape index (κ2) is 7.78. The monoisotopic (exact) mass is 197 g/mol. The molecule has 0 saturated heterocycles. The van der Waals surface area contributed by atoms with E-state index in [9.17, 15) is 0 Å². The lowest BCUT2D eigenvalue weighted by atomic mass is 10.2. The van der Waals surface area contributed by atoms with Crippen molar-refractivity contribution in [1.29, 1.82) is 5.26 Å². The molecule has 0 rings (SSSR count). The number of unbranched alkanes of at least 4 members (excludes halogenated alkanes) is 1. The van der Waals surface area contributed by atoms with Crippen LogP contribution in [0.5, 0.6) is 0 Å².